The van der Waals surface area contributed by atoms with Gasteiger partial charge in [-0.1, -0.05) is 56.5 Å². The monoisotopic (exact) mass is 495 g/mol. The van der Waals surface area contributed by atoms with E-state index >= 15 is 0 Å². The van der Waals surface area contributed by atoms with Gasteiger partial charge < -0.3 is 19.5 Å². The molecule has 3 N–H and O–H groups in total. The Morgan fingerprint density at radius 3 is 2.42 bits per heavy atom. The first kappa shape index (κ1) is 26.5. The highest BCUT2D eigenvalue weighted by Crippen LogP contribution is 2.48. The minimum Gasteiger partial charge on any atom is -0.508 e. The summed E-state index contributed by atoms with van der Waals surface area (Å²) >= 11 is 0. The fraction of sp³-hybridized carbons (Fsp3) is 0.552. The fourth-order valence-electron chi connectivity index (χ4n) is 5.40. The van der Waals surface area contributed by atoms with Gasteiger partial charge in [-0.3, -0.25) is 4.79 Å². The maximum atomic E-state index is 13.6. The van der Waals surface area contributed by atoms with Gasteiger partial charge in [0.05, 0.1) is 24.8 Å². The third kappa shape index (κ3) is 6.02. The number of unbranched alkanes of at least 4 members (excludes halogenated alkanes) is 3. The minimum absolute atomic E-state index is 0.0716. The van der Waals surface area contributed by atoms with Crippen LogP contribution in [0.1, 0.15) is 76.1 Å². The molecule has 0 aromatic heterocycles. The standard InChI is InChI=1S/C29H41N3O4/c1-4-5-6-9-18-36-22-15-13-21(14-16-22)28-25-26(23-11-7-8-12-24(23)33)30-31-27(25)29(34)32(28)17-10-19-35-20(2)3/h7-8,11-16,20,25-28,30-31,33H,4-6,9-10,17-19H2,1-3H3. The summed E-state index contributed by atoms with van der Waals surface area (Å²) in [7, 11) is 0. The van der Waals surface area contributed by atoms with Gasteiger partial charge in [-0.05, 0) is 50.5 Å². The second-order valence-electron chi connectivity index (χ2n) is 10.1. The number of carbonyl (C=O) groups is 1. The van der Waals surface area contributed by atoms with Crippen molar-refractivity contribution >= 4 is 5.91 Å². The SMILES string of the molecule is CCCCCCOc1ccc(C2C3C(NNC3c3ccccc3O)C(=O)N2CCCOC(C)C)cc1. The lowest BCUT2D eigenvalue weighted by Gasteiger charge is -2.31. The predicted octanol–water partition coefficient (Wildman–Crippen LogP) is 4.88. The predicted molar refractivity (Wildman–Crippen MR) is 141 cm³/mol. The molecule has 2 saturated heterocycles. The molecule has 0 bridgehead atoms. The Bertz CT molecular complexity index is 981. The van der Waals surface area contributed by atoms with Gasteiger partial charge in [-0.25, -0.2) is 10.9 Å². The molecule has 2 aliphatic rings. The summed E-state index contributed by atoms with van der Waals surface area (Å²) in [5, 5.41) is 10.6. The molecule has 0 radical (unpaired) electrons. The smallest absolute Gasteiger partial charge is 0.242 e. The normalized spacial score (nSPS) is 23.4. The Kier molecular flexibility index (Phi) is 9.24. The van der Waals surface area contributed by atoms with Gasteiger partial charge in [0.1, 0.15) is 17.5 Å². The first-order valence-electron chi connectivity index (χ1n) is 13.4. The number of phenols is 1. The first-order valence-corrected chi connectivity index (χ1v) is 13.4. The zero-order chi connectivity index (χ0) is 25.5. The van der Waals surface area contributed by atoms with Crippen molar-refractivity contribution in [2.24, 2.45) is 5.92 Å². The summed E-state index contributed by atoms with van der Waals surface area (Å²) < 4.78 is 11.7. The number of nitrogens with zero attached hydrogens (tertiary/aromatic N) is 1. The van der Waals surface area contributed by atoms with Crippen LogP contribution in [0.25, 0.3) is 0 Å². The molecule has 0 saturated carbocycles. The number of phenolic OH excluding ortho intramolecular Hbond substituents is 1. The van der Waals surface area contributed by atoms with Crippen LogP contribution in [-0.4, -0.2) is 47.8 Å². The van der Waals surface area contributed by atoms with Crippen molar-refractivity contribution in [1.29, 1.82) is 0 Å². The topological polar surface area (TPSA) is 83.1 Å². The van der Waals surface area contributed by atoms with Crippen molar-refractivity contribution in [3.8, 4) is 11.5 Å². The van der Waals surface area contributed by atoms with Gasteiger partial charge in [0.15, 0.2) is 0 Å². The van der Waals surface area contributed by atoms with Crippen LogP contribution in [0.3, 0.4) is 0 Å². The fourth-order valence-corrected chi connectivity index (χ4v) is 5.40. The number of amides is 1. The molecule has 7 nitrogen and oxygen atoms in total. The van der Waals surface area contributed by atoms with E-state index in [1.54, 1.807) is 6.07 Å². The highest BCUT2D eigenvalue weighted by molar-refractivity contribution is 5.86. The van der Waals surface area contributed by atoms with E-state index in [0.29, 0.717) is 13.2 Å². The van der Waals surface area contributed by atoms with Crippen LogP contribution in [0.5, 0.6) is 11.5 Å². The lowest BCUT2D eigenvalue weighted by atomic mass is 9.83. The Labute approximate surface area is 215 Å². The number of para-hydroxylation sites is 1. The molecule has 0 spiro atoms. The Morgan fingerprint density at radius 1 is 0.944 bits per heavy atom. The molecule has 2 aromatic rings. The van der Waals surface area contributed by atoms with Crippen LogP contribution in [-0.2, 0) is 9.53 Å². The summed E-state index contributed by atoms with van der Waals surface area (Å²) in [4.78, 5) is 15.5. The highest BCUT2D eigenvalue weighted by atomic mass is 16.5. The molecule has 196 valence electrons. The van der Waals surface area contributed by atoms with E-state index in [4.69, 9.17) is 9.47 Å². The van der Waals surface area contributed by atoms with E-state index in [2.05, 4.69) is 29.9 Å². The summed E-state index contributed by atoms with van der Waals surface area (Å²) in [5.74, 6) is 1.10. The van der Waals surface area contributed by atoms with Gasteiger partial charge in [-0.15, -0.1) is 0 Å². The largest absolute Gasteiger partial charge is 0.508 e. The maximum absolute atomic E-state index is 13.6. The van der Waals surface area contributed by atoms with E-state index in [0.717, 1.165) is 36.3 Å². The number of likely N-dealkylation sites (tertiary alicyclic amines) is 1. The average Bonchev–Trinajstić information content (AvgIpc) is 3.41. The molecule has 36 heavy (non-hydrogen) atoms. The van der Waals surface area contributed by atoms with Crippen molar-refractivity contribution in [2.75, 3.05) is 19.8 Å². The molecule has 4 unspecified atom stereocenters. The van der Waals surface area contributed by atoms with Gasteiger partial charge in [0, 0.05) is 24.6 Å². The van der Waals surface area contributed by atoms with Crippen molar-refractivity contribution in [3.05, 3.63) is 59.7 Å². The first-order chi connectivity index (χ1) is 17.5. The Balaban J connectivity index is 1.55. The van der Waals surface area contributed by atoms with Crippen LogP contribution >= 0.6 is 0 Å². The number of nitrogens with one attached hydrogen (secondary N) is 2. The number of hydrogen-bond acceptors (Lipinski definition) is 6. The molecular weight excluding hydrogens is 454 g/mol. The maximum Gasteiger partial charge on any atom is 0.242 e. The van der Waals surface area contributed by atoms with Crippen LogP contribution in [0.15, 0.2) is 48.5 Å². The number of aromatic hydroxyl groups is 1. The molecular formula is C29H41N3O4. The molecule has 2 aliphatic heterocycles. The van der Waals surface area contributed by atoms with Crippen LogP contribution in [0.2, 0.25) is 0 Å². The molecule has 2 aromatic carbocycles. The van der Waals surface area contributed by atoms with E-state index in [9.17, 15) is 9.90 Å². The van der Waals surface area contributed by atoms with Crippen LogP contribution < -0.4 is 15.6 Å². The van der Waals surface area contributed by atoms with E-state index in [1.165, 1.54) is 19.3 Å². The van der Waals surface area contributed by atoms with Crippen LogP contribution in [0, 0.1) is 5.92 Å². The van der Waals surface area contributed by atoms with Gasteiger partial charge >= 0.3 is 0 Å². The zero-order valence-electron chi connectivity index (χ0n) is 21.8. The van der Waals surface area contributed by atoms with E-state index in [1.807, 2.05) is 49.1 Å². The molecule has 4 rings (SSSR count). The van der Waals surface area contributed by atoms with E-state index < -0.39 is 0 Å². The summed E-state index contributed by atoms with van der Waals surface area (Å²) in [6.45, 7) is 8.20. The van der Waals surface area contributed by atoms with Crippen molar-refractivity contribution in [2.45, 2.75) is 77.1 Å². The van der Waals surface area contributed by atoms with Gasteiger partial charge in [0.2, 0.25) is 5.91 Å². The number of hydrogen-bond donors (Lipinski definition) is 3. The highest BCUT2D eigenvalue weighted by Gasteiger charge is 2.55. The van der Waals surface area contributed by atoms with Crippen molar-refractivity contribution < 1.29 is 19.4 Å². The lowest BCUT2D eigenvalue weighted by molar-refractivity contribution is -0.131. The second kappa shape index (κ2) is 12.6. The Hall–Kier alpha value is -2.61. The number of rotatable bonds is 13. The van der Waals surface area contributed by atoms with Crippen molar-refractivity contribution in [3.63, 3.8) is 0 Å². The van der Waals surface area contributed by atoms with Crippen molar-refractivity contribution in [1.82, 2.24) is 15.8 Å². The molecule has 0 aliphatic carbocycles. The van der Waals surface area contributed by atoms with Gasteiger partial charge in [0.25, 0.3) is 0 Å². The molecule has 4 atom stereocenters. The summed E-state index contributed by atoms with van der Waals surface area (Å²) in [6.07, 6.45) is 5.63. The number of fused-ring (bicyclic) bond motifs is 1. The quantitative estimate of drug-likeness (QED) is 0.344. The number of carbonyl (C=O) groups excluding carboxylic acids is 1. The number of ether oxygens (including phenoxy) is 2. The average molecular weight is 496 g/mol. The minimum atomic E-state index is -0.361. The molecule has 2 fully saturated rings. The van der Waals surface area contributed by atoms with Gasteiger partial charge in [-0.2, -0.15) is 0 Å². The number of hydrazine groups is 1. The molecule has 2 heterocycles. The lowest BCUT2D eigenvalue weighted by Crippen LogP contribution is -2.41. The summed E-state index contributed by atoms with van der Waals surface area (Å²) in [6, 6.07) is 14.9. The summed E-state index contributed by atoms with van der Waals surface area (Å²) in [5.41, 5.74) is 8.40. The third-order valence-electron chi connectivity index (χ3n) is 7.17. The number of benzene rings is 2. The zero-order valence-corrected chi connectivity index (χ0v) is 21.8. The van der Waals surface area contributed by atoms with Crippen LogP contribution in [0.4, 0.5) is 0 Å². The second-order valence-corrected chi connectivity index (χ2v) is 10.1. The van der Waals surface area contributed by atoms with E-state index in [-0.39, 0.29) is 41.8 Å². The molecule has 1 amide bonds. The molecule has 7 heteroatoms. The third-order valence-corrected chi connectivity index (χ3v) is 7.17. The Morgan fingerprint density at radius 2 is 1.69 bits per heavy atom.